The van der Waals surface area contributed by atoms with E-state index in [9.17, 15) is 19.2 Å². The van der Waals surface area contributed by atoms with Crippen molar-refractivity contribution in [2.24, 2.45) is 39.9 Å². The van der Waals surface area contributed by atoms with Crippen LogP contribution in [0.25, 0.3) is 0 Å². The van der Waals surface area contributed by atoms with Crippen LogP contribution in [0.2, 0.25) is 0 Å². The molecule has 2 heterocycles. The van der Waals surface area contributed by atoms with Crippen LogP contribution in [0.3, 0.4) is 0 Å². The highest BCUT2D eigenvalue weighted by molar-refractivity contribution is 6.10. The lowest BCUT2D eigenvalue weighted by Gasteiger charge is -2.60. The van der Waals surface area contributed by atoms with E-state index in [1.807, 2.05) is 27.7 Å². The normalized spacial score (nSPS) is 37.2. The molecule has 5 fully saturated rings. The van der Waals surface area contributed by atoms with E-state index in [1.165, 1.54) is 0 Å². The van der Waals surface area contributed by atoms with E-state index in [0.717, 1.165) is 38.8 Å². The zero-order valence-electron chi connectivity index (χ0n) is 21.0. The van der Waals surface area contributed by atoms with Gasteiger partial charge in [-0.25, -0.2) is 0 Å². The van der Waals surface area contributed by atoms with Gasteiger partial charge in [0.15, 0.2) is 0 Å². The molecule has 3 aliphatic carbocycles. The summed E-state index contributed by atoms with van der Waals surface area (Å²) in [7, 11) is 0. The summed E-state index contributed by atoms with van der Waals surface area (Å²) in [5.41, 5.74) is -1.47. The number of hydrogen-bond donors (Lipinski definition) is 0. The molecule has 5 rings (SSSR count). The second-order valence-electron chi connectivity index (χ2n) is 13.7. The second-order valence-corrected chi connectivity index (χ2v) is 13.7. The zero-order chi connectivity index (χ0) is 23.8. The van der Waals surface area contributed by atoms with Gasteiger partial charge in [0.25, 0.3) is 0 Å². The topological polar surface area (TPSA) is 71.5 Å². The number of Topliss-reactive ketones (excluding diaryl/α,β-unsaturated/α-hetero) is 4. The molecule has 2 unspecified atom stereocenters. The highest BCUT2D eigenvalue weighted by Gasteiger charge is 2.64. The van der Waals surface area contributed by atoms with E-state index >= 15 is 0 Å². The summed E-state index contributed by atoms with van der Waals surface area (Å²) < 4.78 is 0. The van der Waals surface area contributed by atoms with Crippen LogP contribution in [0.1, 0.15) is 91.9 Å². The number of nitrogens with zero attached hydrogens (tertiary/aromatic N) is 1. The second kappa shape index (κ2) is 7.83. The van der Waals surface area contributed by atoms with E-state index in [1.54, 1.807) is 0 Å². The molecule has 0 bridgehead atoms. The molecular weight excluding hydrogens is 414 g/mol. The standard InChI is InChI=1S/C28H41NO4/c1-26(2)13-19(30)23(20(31)14-26)28(24-21(32)15-27(3,4)16-22(24)33)11-17-7-5-9-29-10-6-8-18(12-28)25(17)29/h17-18,23-25H,5-16H2,1-4H3. The van der Waals surface area contributed by atoms with Crippen molar-refractivity contribution in [3.8, 4) is 0 Å². The number of rotatable bonds is 2. The quantitative estimate of drug-likeness (QED) is 0.577. The Kier molecular flexibility index (Phi) is 5.55. The fourth-order valence-corrected chi connectivity index (χ4v) is 9.05. The first-order valence-electron chi connectivity index (χ1n) is 13.3. The van der Waals surface area contributed by atoms with Gasteiger partial charge in [-0.2, -0.15) is 0 Å². The van der Waals surface area contributed by atoms with Gasteiger partial charge in [0.05, 0.1) is 11.8 Å². The van der Waals surface area contributed by atoms with Crippen molar-refractivity contribution in [3.63, 3.8) is 0 Å². The third-order valence-electron chi connectivity index (χ3n) is 9.76. The van der Waals surface area contributed by atoms with E-state index in [0.29, 0.717) is 56.4 Å². The number of hydrogen-bond acceptors (Lipinski definition) is 5. The molecule has 2 atom stereocenters. The Balaban J connectivity index is 1.61. The van der Waals surface area contributed by atoms with E-state index in [4.69, 9.17) is 0 Å². The minimum atomic E-state index is -0.804. The molecule has 5 aliphatic rings. The maximum atomic E-state index is 13.7. The van der Waals surface area contributed by atoms with Gasteiger partial charge >= 0.3 is 0 Å². The first-order chi connectivity index (χ1) is 15.4. The molecule has 33 heavy (non-hydrogen) atoms. The molecular formula is C28H41NO4. The van der Waals surface area contributed by atoms with Gasteiger partial charge in [-0.05, 0) is 74.3 Å². The van der Waals surface area contributed by atoms with Crippen molar-refractivity contribution in [2.75, 3.05) is 13.1 Å². The molecule has 0 spiro atoms. The molecule has 0 amide bonds. The monoisotopic (exact) mass is 455 g/mol. The highest BCUT2D eigenvalue weighted by Crippen LogP contribution is 2.61. The number of carbonyl (C=O) groups is 4. The molecule has 5 heteroatoms. The molecule has 2 saturated heterocycles. The predicted octanol–water partition coefficient (Wildman–Crippen LogP) is 4.41. The van der Waals surface area contributed by atoms with Crippen LogP contribution in [0, 0.1) is 39.9 Å². The minimum Gasteiger partial charge on any atom is -0.300 e. The Morgan fingerprint density at radius 3 is 1.36 bits per heavy atom. The average Bonchev–Trinajstić information content (AvgIpc) is 2.65. The summed E-state index contributed by atoms with van der Waals surface area (Å²) in [5, 5.41) is 0. The largest absolute Gasteiger partial charge is 0.300 e. The lowest BCUT2D eigenvalue weighted by atomic mass is 9.45. The summed E-state index contributed by atoms with van der Waals surface area (Å²) in [4.78, 5) is 57.4. The summed E-state index contributed by atoms with van der Waals surface area (Å²) in [5.74, 6) is -0.835. The van der Waals surface area contributed by atoms with Crippen LogP contribution < -0.4 is 0 Å². The van der Waals surface area contributed by atoms with Crippen LogP contribution in [-0.2, 0) is 19.2 Å². The fraction of sp³-hybridized carbons (Fsp3) is 0.857. The van der Waals surface area contributed by atoms with Gasteiger partial charge in [0, 0.05) is 37.1 Å². The number of carbonyl (C=O) groups excluding carboxylic acids is 4. The van der Waals surface area contributed by atoms with Crippen molar-refractivity contribution in [1.29, 1.82) is 0 Å². The third-order valence-corrected chi connectivity index (χ3v) is 9.76. The van der Waals surface area contributed by atoms with Crippen LogP contribution in [0.4, 0.5) is 0 Å². The summed E-state index contributed by atoms with van der Waals surface area (Å²) >= 11 is 0. The maximum Gasteiger partial charge on any atom is 0.144 e. The highest BCUT2D eigenvalue weighted by atomic mass is 16.2. The van der Waals surface area contributed by atoms with Crippen LogP contribution in [0.15, 0.2) is 0 Å². The molecule has 0 aromatic rings. The van der Waals surface area contributed by atoms with Crippen molar-refractivity contribution < 1.29 is 19.2 Å². The Morgan fingerprint density at radius 1 is 0.636 bits per heavy atom. The van der Waals surface area contributed by atoms with Crippen molar-refractivity contribution >= 4 is 23.1 Å². The van der Waals surface area contributed by atoms with Gasteiger partial charge in [-0.3, -0.25) is 24.1 Å². The van der Waals surface area contributed by atoms with Crippen LogP contribution >= 0.6 is 0 Å². The SMILES string of the molecule is CC1(C)CC(=O)C(C2(C3C(=O)CC(C)(C)CC3=O)CC3CCCN4CCCC(C2)C34)C(=O)C1. The molecule has 0 aromatic heterocycles. The molecule has 0 N–H and O–H groups in total. The van der Waals surface area contributed by atoms with Crippen LogP contribution in [0.5, 0.6) is 0 Å². The van der Waals surface area contributed by atoms with E-state index in [-0.39, 0.29) is 34.0 Å². The Labute approximate surface area is 198 Å². The van der Waals surface area contributed by atoms with Gasteiger partial charge in [-0.1, -0.05) is 27.7 Å². The zero-order valence-corrected chi connectivity index (χ0v) is 21.0. The number of ketones is 4. The molecule has 5 nitrogen and oxygen atoms in total. The van der Waals surface area contributed by atoms with Crippen LogP contribution in [-0.4, -0.2) is 47.2 Å². The smallest absolute Gasteiger partial charge is 0.144 e. The average molecular weight is 456 g/mol. The van der Waals surface area contributed by atoms with Gasteiger partial charge in [0.2, 0.25) is 0 Å². The summed E-state index contributed by atoms with van der Waals surface area (Å²) in [6, 6.07) is 0.496. The first-order valence-corrected chi connectivity index (χ1v) is 13.3. The van der Waals surface area contributed by atoms with Crippen molar-refractivity contribution in [2.45, 2.75) is 97.9 Å². The van der Waals surface area contributed by atoms with Crippen molar-refractivity contribution in [1.82, 2.24) is 4.90 Å². The Bertz CT molecular complexity index is 776. The lowest BCUT2D eigenvalue weighted by molar-refractivity contribution is -0.168. The maximum absolute atomic E-state index is 13.7. The summed E-state index contributed by atoms with van der Waals surface area (Å²) in [6.07, 6.45) is 7.29. The Morgan fingerprint density at radius 2 is 1.00 bits per heavy atom. The van der Waals surface area contributed by atoms with Gasteiger partial charge < -0.3 is 0 Å². The molecule has 2 aliphatic heterocycles. The van der Waals surface area contributed by atoms with Gasteiger partial charge in [-0.15, -0.1) is 0 Å². The Hall–Kier alpha value is -1.36. The number of piperidine rings is 2. The molecule has 0 aromatic carbocycles. The fourth-order valence-electron chi connectivity index (χ4n) is 9.05. The third kappa shape index (κ3) is 3.86. The lowest BCUT2D eigenvalue weighted by Crippen LogP contribution is -2.64. The summed E-state index contributed by atoms with van der Waals surface area (Å²) in [6.45, 7) is 10.2. The van der Waals surface area contributed by atoms with E-state index < -0.39 is 17.3 Å². The predicted molar refractivity (Wildman–Crippen MR) is 126 cm³/mol. The minimum absolute atomic E-state index is 0.0105. The van der Waals surface area contributed by atoms with Gasteiger partial charge in [0.1, 0.15) is 23.1 Å². The molecule has 0 radical (unpaired) electrons. The first kappa shape index (κ1) is 23.4. The molecule has 3 saturated carbocycles. The van der Waals surface area contributed by atoms with E-state index in [2.05, 4.69) is 4.90 Å². The molecule has 182 valence electrons. The van der Waals surface area contributed by atoms with Crippen molar-refractivity contribution in [3.05, 3.63) is 0 Å².